The molecule has 0 unspecified atom stereocenters. The molecule has 1 nitrogen and oxygen atoms in total. The van der Waals surface area contributed by atoms with Crippen molar-refractivity contribution in [2.75, 3.05) is 6.67 Å². The summed E-state index contributed by atoms with van der Waals surface area (Å²) in [6.07, 6.45) is -5.16. The smallest absolute Gasteiger partial charge is 0.324 e. The molecule has 0 saturated carbocycles. The van der Waals surface area contributed by atoms with E-state index in [0.29, 0.717) is 6.07 Å². The van der Waals surface area contributed by atoms with Crippen molar-refractivity contribution < 1.29 is 22.0 Å². The van der Waals surface area contributed by atoms with Gasteiger partial charge in [-0.15, -0.1) is 12.4 Å². The zero-order valence-corrected chi connectivity index (χ0v) is 10.5. The minimum atomic E-state index is -4.76. The van der Waals surface area contributed by atoms with Gasteiger partial charge in [0, 0.05) is 11.6 Å². The first-order valence-electron chi connectivity index (χ1n) is 4.65. The summed E-state index contributed by atoms with van der Waals surface area (Å²) < 4.78 is 63.4. The maximum Gasteiger partial charge on any atom is 0.416 e. The molecule has 1 atom stereocenters. The second-order valence-corrected chi connectivity index (χ2v) is 3.81. The third kappa shape index (κ3) is 3.70. The Balaban J connectivity index is 0.00000289. The SMILES string of the molecule is Cl.N[C@@H](CCF)c1c(C(F)(F)F)ccc(Cl)c1F. The van der Waals surface area contributed by atoms with Crippen LogP contribution in [0.2, 0.25) is 5.02 Å². The summed E-state index contributed by atoms with van der Waals surface area (Å²) in [5, 5.41) is -0.470. The molecule has 0 aliphatic carbocycles. The van der Waals surface area contributed by atoms with Crippen molar-refractivity contribution in [3.8, 4) is 0 Å². The molecule has 0 heterocycles. The number of nitrogens with two attached hydrogens (primary N) is 1. The van der Waals surface area contributed by atoms with Gasteiger partial charge >= 0.3 is 6.18 Å². The average molecular weight is 310 g/mol. The molecule has 0 radical (unpaired) electrons. The first kappa shape index (κ1) is 17.4. The minimum absolute atomic E-state index is 0. The van der Waals surface area contributed by atoms with E-state index in [1.54, 1.807) is 0 Å². The van der Waals surface area contributed by atoms with Crippen LogP contribution in [0.25, 0.3) is 0 Å². The molecule has 0 spiro atoms. The van der Waals surface area contributed by atoms with Crippen LogP contribution in [0, 0.1) is 5.82 Å². The molecule has 0 aromatic heterocycles. The fourth-order valence-electron chi connectivity index (χ4n) is 1.44. The molecule has 0 amide bonds. The summed E-state index contributed by atoms with van der Waals surface area (Å²) in [5.41, 5.74) is 3.32. The molecule has 8 heteroatoms. The topological polar surface area (TPSA) is 26.0 Å². The van der Waals surface area contributed by atoms with Gasteiger partial charge in [0.15, 0.2) is 0 Å². The van der Waals surface area contributed by atoms with Crippen molar-refractivity contribution in [1.29, 1.82) is 0 Å². The van der Waals surface area contributed by atoms with Crippen molar-refractivity contribution in [2.24, 2.45) is 5.73 Å². The summed E-state index contributed by atoms with van der Waals surface area (Å²) in [5.74, 6) is -1.25. The van der Waals surface area contributed by atoms with Gasteiger partial charge in [-0.1, -0.05) is 11.6 Å². The summed E-state index contributed by atoms with van der Waals surface area (Å²) in [6.45, 7) is -0.940. The van der Waals surface area contributed by atoms with E-state index in [1.165, 1.54) is 0 Å². The molecule has 0 saturated heterocycles. The Kier molecular flexibility index (Phi) is 6.33. The second-order valence-electron chi connectivity index (χ2n) is 3.40. The lowest BCUT2D eigenvalue weighted by molar-refractivity contribution is -0.138. The Hall–Kier alpha value is -0.590. The van der Waals surface area contributed by atoms with Gasteiger partial charge in [0.2, 0.25) is 0 Å². The molecule has 2 N–H and O–H groups in total. The van der Waals surface area contributed by atoms with E-state index in [4.69, 9.17) is 17.3 Å². The van der Waals surface area contributed by atoms with Gasteiger partial charge in [-0.05, 0) is 18.6 Å². The number of hydrogen-bond acceptors (Lipinski definition) is 1. The van der Waals surface area contributed by atoms with Gasteiger partial charge in [-0.2, -0.15) is 13.2 Å². The van der Waals surface area contributed by atoms with Gasteiger partial charge in [-0.25, -0.2) is 4.39 Å². The average Bonchev–Trinajstić information content (AvgIpc) is 2.20. The van der Waals surface area contributed by atoms with Crippen molar-refractivity contribution in [2.45, 2.75) is 18.6 Å². The highest BCUT2D eigenvalue weighted by molar-refractivity contribution is 6.30. The molecule has 0 aliphatic heterocycles. The lowest BCUT2D eigenvalue weighted by atomic mass is 9.98. The monoisotopic (exact) mass is 309 g/mol. The van der Waals surface area contributed by atoms with Crippen molar-refractivity contribution in [1.82, 2.24) is 0 Å². The Bertz CT molecular complexity index is 408. The summed E-state index contributed by atoms with van der Waals surface area (Å²) in [4.78, 5) is 0. The number of rotatable bonds is 3. The van der Waals surface area contributed by atoms with Crippen LogP contribution in [0.5, 0.6) is 0 Å². The summed E-state index contributed by atoms with van der Waals surface area (Å²) in [7, 11) is 0. The molecule has 1 aromatic rings. The van der Waals surface area contributed by atoms with Crippen molar-refractivity contribution in [3.05, 3.63) is 34.1 Å². The molecule has 1 rings (SSSR count). The van der Waals surface area contributed by atoms with Crippen LogP contribution < -0.4 is 5.73 Å². The molecule has 18 heavy (non-hydrogen) atoms. The molecule has 1 aromatic carbocycles. The van der Waals surface area contributed by atoms with Gasteiger partial charge < -0.3 is 5.73 Å². The molecule has 0 bridgehead atoms. The van der Waals surface area contributed by atoms with Gasteiger partial charge in [0.05, 0.1) is 17.3 Å². The predicted octanol–water partition coefficient (Wildman–Crippen LogP) is 4.28. The first-order valence-corrected chi connectivity index (χ1v) is 5.03. The van der Waals surface area contributed by atoms with E-state index in [0.717, 1.165) is 6.07 Å². The zero-order chi connectivity index (χ0) is 13.2. The third-order valence-electron chi connectivity index (χ3n) is 2.23. The van der Waals surface area contributed by atoms with E-state index < -0.39 is 47.3 Å². The highest BCUT2D eigenvalue weighted by Gasteiger charge is 2.36. The van der Waals surface area contributed by atoms with Crippen LogP contribution >= 0.6 is 24.0 Å². The number of halogens is 7. The van der Waals surface area contributed by atoms with Crippen LogP contribution in [0.3, 0.4) is 0 Å². The van der Waals surface area contributed by atoms with E-state index in [9.17, 15) is 22.0 Å². The van der Waals surface area contributed by atoms with E-state index >= 15 is 0 Å². The number of alkyl halides is 4. The Labute approximate surface area is 112 Å². The molecule has 0 aliphatic rings. The zero-order valence-electron chi connectivity index (χ0n) is 8.90. The molecule has 0 fully saturated rings. The molecular weight excluding hydrogens is 300 g/mol. The van der Waals surface area contributed by atoms with Crippen LogP contribution in [0.1, 0.15) is 23.6 Å². The van der Waals surface area contributed by atoms with Crippen molar-refractivity contribution >= 4 is 24.0 Å². The first-order chi connectivity index (χ1) is 7.79. The van der Waals surface area contributed by atoms with Gasteiger partial charge in [-0.3, -0.25) is 4.39 Å². The summed E-state index contributed by atoms with van der Waals surface area (Å²) in [6, 6.07) is 0.0554. The normalized spacial score (nSPS) is 13.1. The van der Waals surface area contributed by atoms with E-state index in [2.05, 4.69) is 0 Å². The molecular formula is C10H10Cl2F5N. The maximum atomic E-state index is 13.5. The maximum absolute atomic E-state index is 13.5. The van der Waals surface area contributed by atoms with Crippen LogP contribution in [0.4, 0.5) is 22.0 Å². The van der Waals surface area contributed by atoms with Crippen LogP contribution in [0.15, 0.2) is 12.1 Å². The lowest BCUT2D eigenvalue weighted by Crippen LogP contribution is -2.20. The Morgan fingerprint density at radius 1 is 1.28 bits per heavy atom. The lowest BCUT2D eigenvalue weighted by Gasteiger charge is -2.18. The largest absolute Gasteiger partial charge is 0.416 e. The third-order valence-corrected chi connectivity index (χ3v) is 2.52. The highest BCUT2D eigenvalue weighted by Crippen LogP contribution is 2.38. The summed E-state index contributed by atoms with van der Waals surface area (Å²) >= 11 is 5.39. The van der Waals surface area contributed by atoms with Gasteiger partial charge in [0.25, 0.3) is 0 Å². The van der Waals surface area contributed by atoms with Crippen LogP contribution in [-0.4, -0.2) is 6.67 Å². The molecule has 104 valence electrons. The van der Waals surface area contributed by atoms with E-state index in [1.807, 2.05) is 0 Å². The van der Waals surface area contributed by atoms with Crippen LogP contribution in [-0.2, 0) is 6.18 Å². The number of benzene rings is 1. The second kappa shape index (κ2) is 6.54. The standard InChI is InChI=1S/C10H9ClF5N.ClH/c11-6-2-1-5(10(14,15)16)8(9(6)13)7(17)3-4-12;/h1-2,7H,3-4,17H2;1H/t7-;/m0./s1. The fourth-order valence-corrected chi connectivity index (χ4v) is 1.60. The van der Waals surface area contributed by atoms with E-state index in [-0.39, 0.29) is 12.4 Å². The number of hydrogen-bond donors (Lipinski definition) is 1. The minimum Gasteiger partial charge on any atom is -0.324 e. The predicted molar refractivity (Wildman–Crippen MR) is 61.2 cm³/mol. The Morgan fingerprint density at radius 3 is 2.28 bits per heavy atom. The van der Waals surface area contributed by atoms with Crippen molar-refractivity contribution in [3.63, 3.8) is 0 Å². The van der Waals surface area contributed by atoms with Gasteiger partial charge in [0.1, 0.15) is 5.82 Å². The Morgan fingerprint density at radius 2 is 1.83 bits per heavy atom. The quantitative estimate of drug-likeness (QED) is 0.829. The fraction of sp³-hybridized carbons (Fsp3) is 0.400. The highest BCUT2D eigenvalue weighted by atomic mass is 35.5.